The molecule has 0 saturated carbocycles. The number of aryl methyl sites for hydroxylation is 2. The molecular formula is C20H33N3O2. The van der Waals surface area contributed by atoms with Crippen LogP contribution < -0.4 is 10.1 Å². The first-order chi connectivity index (χ1) is 12.0. The van der Waals surface area contributed by atoms with Crippen molar-refractivity contribution in [1.82, 2.24) is 15.1 Å². The van der Waals surface area contributed by atoms with E-state index in [9.17, 15) is 4.79 Å². The van der Waals surface area contributed by atoms with Gasteiger partial charge in [0.15, 0.2) is 6.10 Å². The smallest absolute Gasteiger partial charge is 0.261 e. The summed E-state index contributed by atoms with van der Waals surface area (Å²) in [5.41, 5.74) is 2.20. The molecule has 1 atom stereocenters. The van der Waals surface area contributed by atoms with E-state index < -0.39 is 6.10 Å². The van der Waals surface area contributed by atoms with Gasteiger partial charge in [-0.25, -0.2) is 0 Å². The predicted molar refractivity (Wildman–Crippen MR) is 102 cm³/mol. The van der Waals surface area contributed by atoms with Crippen molar-refractivity contribution in [2.45, 2.75) is 39.7 Å². The minimum Gasteiger partial charge on any atom is -0.480 e. The summed E-state index contributed by atoms with van der Waals surface area (Å²) >= 11 is 0. The molecule has 5 nitrogen and oxygen atoms in total. The number of benzene rings is 1. The molecule has 1 heterocycles. The number of likely N-dealkylation sites (N-methyl/N-ethyl adjacent to an activating group) is 1. The third kappa shape index (κ3) is 6.33. The molecule has 1 aliphatic heterocycles. The molecule has 2 rings (SSSR count). The Kier molecular flexibility index (Phi) is 7.72. The number of carbonyl (C=O) groups excluding carboxylic acids is 1. The highest BCUT2D eigenvalue weighted by atomic mass is 16.5. The fraction of sp³-hybridized carbons (Fsp3) is 0.650. The normalized spacial score (nSPS) is 17.3. The molecule has 25 heavy (non-hydrogen) atoms. The molecule has 0 unspecified atom stereocenters. The molecular weight excluding hydrogens is 314 g/mol. The largest absolute Gasteiger partial charge is 0.480 e. The zero-order valence-corrected chi connectivity index (χ0v) is 16.2. The lowest BCUT2D eigenvalue weighted by molar-refractivity contribution is -0.128. The Balaban J connectivity index is 1.73. The van der Waals surface area contributed by atoms with Crippen LogP contribution in [0.1, 0.15) is 30.9 Å². The van der Waals surface area contributed by atoms with E-state index in [0.717, 1.165) is 56.0 Å². The second-order valence-electron chi connectivity index (χ2n) is 7.07. The van der Waals surface area contributed by atoms with Gasteiger partial charge in [-0.1, -0.05) is 19.1 Å². The number of amides is 1. The number of hydrogen-bond acceptors (Lipinski definition) is 4. The van der Waals surface area contributed by atoms with Gasteiger partial charge < -0.3 is 19.9 Å². The van der Waals surface area contributed by atoms with Gasteiger partial charge in [0.05, 0.1) is 0 Å². The van der Waals surface area contributed by atoms with E-state index in [0.29, 0.717) is 13.0 Å². The van der Waals surface area contributed by atoms with Crippen LogP contribution in [0.4, 0.5) is 0 Å². The summed E-state index contributed by atoms with van der Waals surface area (Å²) in [6.45, 7) is 12.3. The fourth-order valence-electron chi connectivity index (χ4n) is 3.01. The van der Waals surface area contributed by atoms with E-state index in [1.54, 1.807) is 0 Å². The first kappa shape index (κ1) is 19.7. The van der Waals surface area contributed by atoms with Crippen LogP contribution in [0.5, 0.6) is 5.75 Å². The van der Waals surface area contributed by atoms with Crippen LogP contribution in [0.25, 0.3) is 0 Å². The number of nitrogens with one attached hydrogen (secondary N) is 1. The lowest BCUT2D eigenvalue weighted by Crippen LogP contribution is -2.45. The summed E-state index contributed by atoms with van der Waals surface area (Å²) in [5.74, 6) is 0.793. The fourth-order valence-corrected chi connectivity index (χ4v) is 3.01. The van der Waals surface area contributed by atoms with Gasteiger partial charge >= 0.3 is 0 Å². The summed E-state index contributed by atoms with van der Waals surface area (Å²) in [6.07, 6.45) is 1.22. The van der Waals surface area contributed by atoms with Crippen molar-refractivity contribution in [2.24, 2.45) is 0 Å². The number of nitrogens with zero attached hydrogens (tertiary/aromatic N) is 2. The lowest BCUT2D eigenvalue weighted by Gasteiger charge is -2.32. The van der Waals surface area contributed by atoms with Crippen LogP contribution in [-0.4, -0.2) is 68.1 Å². The summed E-state index contributed by atoms with van der Waals surface area (Å²) in [4.78, 5) is 17.2. The van der Waals surface area contributed by atoms with E-state index in [-0.39, 0.29) is 5.91 Å². The molecule has 0 radical (unpaired) electrons. The third-order valence-corrected chi connectivity index (χ3v) is 4.82. The highest BCUT2D eigenvalue weighted by Gasteiger charge is 2.19. The maximum Gasteiger partial charge on any atom is 0.261 e. The Morgan fingerprint density at radius 2 is 1.96 bits per heavy atom. The van der Waals surface area contributed by atoms with E-state index in [2.05, 4.69) is 28.2 Å². The molecule has 0 aromatic heterocycles. The van der Waals surface area contributed by atoms with Crippen molar-refractivity contribution in [3.8, 4) is 5.75 Å². The summed E-state index contributed by atoms with van der Waals surface area (Å²) < 4.78 is 5.97. The molecule has 1 N–H and O–H groups in total. The first-order valence-electron chi connectivity index (χ1n) is 9.42. The molecule has 5 heteroatoms. The zero-order valence-electron chi connectivity index (χ0n) is 16.2. The average molecular weight is 348 g/mol. The minimum absolute atomic E-state index is 0.0122. The second kappa shape index (κ2) is 9.78. The van der Waals surface area contributed by atoms with Crippen LogP contribution in [0, 0.1) is 13.8 Å². The van der Waals surface area contributed by atoms with Gasteiger partial charge in [-0.15, -0.1) is 0 Å². The molecule has 1 aliphatic rings. The Bertz CT molecular complexity index is 554. The summed E-state index contributed by atoms with van der Waals surface area (Å²) in [5, 5.41) is 3.04. The molecule has 140 valence electrons. The van der Waals surface area contributed by atoms with E-state index >= 15 is 0 Å². The first-order valence-corrected chi connectivity index (χ1v) is 9.42. The van der Waals surface area contributed by atoms with Crippen molar-refractivity contribution >= 4 is 5.91 Å². The topological polar surface area (TPSA) is 44.8 Å². The molecule has 1 fully saturated rings. The van der Waals surface area contributed by atoms with Gasteiger partial charge in [0.25, 0.3) is 5.91 Å². The molecule has 0 spiro atoms. The van der Waals surface area contributed by atoms with Crippen molar-refractivity contribution in [1.29, 1.82) is 0 Å². The Labute approximate surface area is 152 Å². The predicted octanol–water partition coefficient (Wildman–Crippen LogP) is 2.21. The SMILES string of the molecule is CC[C@@H](Oc1cc(C)ccc1C)C(=O)NCCCN1CCN(C)CC1. The van der Waals surface area contributed by atoms with Crippen LogP contribution >= 0.6 is 0 Å². The molecule has 1 aromatic rings. The average Bonchev–Trinajstić information content (AvgIpc) is 2.60. The Hall–Kier alpha value is -1.59. The van der Waals surface area contributed by atoms with Crippen molar-refractivity contribution in [3.05, 3.63) is 29.3 Å². The van der Waals surface area contributed by atoms with Gasteiger partial charge in [0, 0.05) is 32.7 Å². The summed E-state index contributed by atoms with van der Waals surface area (Å²) in [6, 6.07) is 6.09. The quantitative estimate of drug-likeness (QED) is 0.733. The van der Waals surface area contributed by atoms with Crippen molar-refractivity contribution < 1.29 is 9.53 Å². The van der Waals surface area contributed by atoms with Crippen molar-refractivity contribution in [3.63, 3.8) is 0 Å². The highest BCUT2D eigenvalue weighted by Crippen LogP contribution is 2.21. The summed E-state index contributed by atoms with van der Waals surface area (Å²) in [7, 11) is 2.17. The highest BCUT2D eigenvalue weighted by molar-refractivity contribution is 5.81. The number of rotatable bonds is 8. The van der Waals surface area contributed by atoms with Crippen LogP contribution in [0.2, 0.25) is 0 Å². The van der Waals surface area contributed by atoms with Crippen LogP contribution in [-0.2, 0) is 4.79 Å². The maximum atomic E-state index is 12.4. The zero-order chi connectivity index (χ0) is 18.2. The Morgan fingerprint density at radius 3 is 2.64 bits per heavy atom. The van der Waals surface area contributed by atoms with Gasteiger partial charge in [0.2, 0.25) is 0 Å². The minimum atomic E-state index is -0.427. The van der Waals surface area contributed by atoms with Crippen LogP contribution in [0.15, 0.2) is 18.2 Å². The lowest BCUT2D eigenvalue weighted by atomic mass is 10.1. The van der Waals surface area contributed by atoms with Crippen LogP contribution in [0.3, 0.4) is 0 Å². The molecule has 1 aromatic carbocycles. The molecule has 1 amide bonds. The van der Waals surface area contributed by atoms with Gasteiger partial charge in [-0.3, -0.25) is 4.79 Å². The Morgan fingerprint density at radius 1 is 1.24 bits per heavy atom. The van der Waals surface area contributed by atoms with Gasteiger partial charge in [-0.2, -0.15) is 0 Å². The standard InChI is InChI=1S/C20H33N3O2/c1-5-18(25-19-15-16(2)7-8-17(19)3)20(24)21-9-6-10-23-13-11-22(4)12-14-23/h7-8,15,18H,5-6,9-14H2,1-4H3,(H,21,24)/t18-/m1/s1. The van der Waals surface area contributed by atoms with E-state index in [4.69, 9.17) is 4.74 Å². The maximum absolute atomic E-state index is 12.4. The van der Waals surface area contributed by atoms with Crippen molar-refractivity contribution in [2.75, 3.05) is 46.3 Å². The van der Waals surface area contributed by atoms with Gasteiger partial charge in [0.1, 0.15) is 5.75 Å². The second-order valence-corrected chi connectivity index (χ2v) is 7.07. The van der Waals surface area contributed by atoms with E-state index in [1.807, 2.05) is 32.9 Å². The monoisotopic (exact) mass is 347 g/mol. The number of piperazine rings is 1. The van der Waals surface area contributed by atoms with Gasteiger partial charge in [-0.05, 0) is 57.5 Å². The molecule has 0 bridgehead atoms. The number of ether oxygens (including phenoxy) is 1. The molecule has 1 saturated heterocycles. The molecule has 0 aliphatic carbocycles. The third-order valence-electron chi connectivity index (χ3n) is 4.82. The number of carbonyl (C=O) groups is 1. The van der Waals surface area contributed by atoms with E-state index in [1.165, 1.54) is 0 Å². The number of hydrogen-bond donors (Lipinski definition) is 1.